The summed E-state index contributed by atoms with van der Waals surface area (Å²) in [6, 6.07) is 20.5. The molecular weight excluding hydrogens is 470 g/mol. The number of ether oxygens (including phenoxy) is 2. The number of sulfonamides is 1. The van der Waals surface area contributed by atoms with Crippen molar-refractivity contribution in [2.24, 2.45) is 0 Å². The maximum atomic E-state index is 13.6. The van der Waals surface area contributed by atoms with Gasteiger partial charge in [-0.1, -0.05) is 42.5 Å². The summed E-state index contributed by atoms with van der Waals surface area (Å²) in [6.07, 6.45) is -0.948. The summed E-state index contributed by atoms with van der Waals surface area (Å²) in [6.45, 7) is 0.273. The van der Waals surface area contributed by atoms with E-state index in [0.29, 0.717) is 18.0 Å². The Hall–Kier alpha value is -3.89. The van der Waals surface area contributed by atoms with Crippen molar-refractivity contribution in [2.75, 3.05) is 25.6 Å². The lowest BCUT2D eigenvalue weighted by molar-refractivity contribution is -0.128. The van der Waals surface area contributed by atoms with Crippen molar-refractivity contribution in [3.63, 3.8) is 0 Å². The molecule has 1 unspecified atom stereocenters. The lowest BCUT2D eigenvalue weighted by Crippen LogP contribution is -2.50. The smallest absolute Gasteiger partial charge is 0.263 e. The van der Waals surface area contributed by atoms with Gasteiger partial charge in [-0.15, -0.1) is 0 Å². The monoisotopic (exact) mass is 495 g/mol. The molecule has 1 aliphatic rings. The van der Waals surface area contributed by atoms with Crippen LogP contribution in [0.5, 0.6) is 11.5 Å². The molecule has 3 aromatic rings. The first-order valence-corrected chi connectivity index (χ1v) is 12.3. The second-order valence-electron chi connectivity index (χ2n) is 7.77. The molecule has 0 aromatic heterocycles. The SMILES string of the molecule is CNS(=O)(=O)c1cc(C(=O)N2CC(C(=O)NCc3ccccc3)Oc3ccccc32)ccc1OC. The molecule has 1 aliphatic heterocycles. The highest BCUT2D eigenvalue weighted by molar-refractivity contribution is 7.89. The molecule has 0 saturated heterocycles. The molecule has 1 atom stereocenters. The number of anilines is 1. The highest BCUT2D eigenvalue weighted by atomic mass is 32.2. The number of para-hydroxylation sites is 2. The number of carbonyl (C=O) groups is 2. The van der Waals surface area contributed by atoms with Crippen LogP contribution < -0.4 is 24.4 Å². The second-order valence-corrected chi connectivity index (χ2v) is 9.62. The first-order chi connectivity index (χ1) is 16.8. The van der Waals surface area contributed by atoms with Gasteiger partial charge in [0, 0.05) is 12.1 Å². The number of methoxy groups -OCH3 is 1. The number of hydrogen-bond donors (Lipinski definition) is 2. The Bertz CT molecular complexity index is 1340. The van der Waals surface area contributed by atoms with E-state index in [9.17, 15) is 18.0 Å². The first-order valence-electron chi connectivity index (χ1n) is 10.8. The lowest BCUT2D eigenvalue weighted by atomic mass is 10.1. The zero-order valence-corrected chi connectivity index (χ0v) is 20.0. The van der Waals surface area contributed by atoms with E-state index < -0.39 is 22.0 Å². The highest BCUT2D eigenvalue weighted by Crippen LogP contribution is 2.35. The Morgan fingerprint density at radius 3 is 2.49 bits per heavy atom. The van der Waals surface area contributed by atoms with Gasteiger partial charge in [-0.2, -0.15) is 0 Å². The minimum atomic E-state index is -3.88. The molecule has 4 rings (SSSR count). The number of amides is 2. The molecule has 9 nitrogen and oxygen atoms in total. The molecule has 2 amide bonds. The molecule has 0 bridgehead atoms. The van der Waals surface area contributed by atoms with Crippen LogP contribution in [-0.2, 0) is 21.4 Å². The fourth-order valence-electron chi connectivity index (χ4n) is 3.75. The third kappa shape index (κ3) is 5.13. The van der Waals surface area contributed by atoms with E-state index in [1.165, 1.54) is 37.3 Å². The molecule has 0 radical (unpaired) electrons. The summed E-state index contributed by atoms with van der Waals surface area (Å²) >= 11 is 0. The Morgan fingerprint density at radius 2 is 1.77 bits per heavy atom. The first kappa shape index (κ1) is 24.2. The Balaban J connectivity index is 1.62. The van der Waals surface area contributed by atoms with Crippen molar-refractivity contribution in [1.82, 2.24) is 10.0 Å². The topological polar surface area (TPSA) is 114 Å². The zero-order chi connectivity index (χ0) is 25.0. The predicted molar refractivity (Wildman–Crippen MR) is 130 cm³/mol. The van der Waals surface area contributed by atoms with E-state index in [2.05, 4.69) is 10.0 Å². The standard InChI is InChI=1S/C25H25N3O6S/c1-26-35(31,32)23-14-18(12-13-21(23)33-2)25(30)28-16-22(34-20-11-7-6-10-19(20)28)24(29)27-15-17-8-4-3-5-9-17/h3-14,22,26H,15-16H2,1-2H3,(H,27,29). The van der Waals surface area contributed by atoms with Crippen molar-refractivity contribution < 1.29 is 27.5 Å². The van der Waals surface area contributed by atoms with Crippen molar-refractivity contribution >= 4 is 27.5 Å². The predicted octanol–water partition coefficient (Wildman–Crippen LogP) is 2.33. The Morgan fingerprint density at radius 1 is 1.06 bits per heavy atom. The van der Waals surface area contributed by atoms with E-state index >= 15 is 0 Å². The van der Waals surface area contributed by atoms with Crippen LogP contribution in [0.25, 0.3) is 0 Å². The molecule has 2 N–H and O–H groups in total. The Labute approximate surface area is 203 Å². The van der Waals surface area contributed by atoms with Gasteiger partial charge in [-0.05, 0) is 42.9 Å². The average molecular weight is 496 g/mol. The van der Waals surface area contributed by atoms with Crippen LogP contribution in [0.4, 0.5) is 5.69 Å². The summed E-state index contributed by atoms with van der Waals surface area (Å²) in [4.78, 5) is 27.7. The lowest BCUT2D eigenvalue weighted by Gasteiger charge is -2.34. The normalized spacial score (nSPS) is 15.0. The molecule has 182 valence electrons. The molecule has 0 aliphatic carbocycles. The van der Waals surface area contributed by atoms with Crippen LogP contribution in [0.3, 0.4) is 0 Å². The molecule has 0 fully saturated rings. The van der Waals surface area contributed by atoms with Crippen LogP contribution >= 0.6 is 0 Å². The molecule has 35 heavy (non-hydrogen) atoms. The number of nitrogens with one attached hydrogen (secondary N) is 2. The summed E-state index contributed by atoms with van der Waals surface area (Å²) in [5.74, 6) is -0.355. The summed E-state index contributed by atoms with van der Waals surface area (Å²) in [5, 5.41) is 2.84. The molecule has 0 spiro atoms. The third-order valence-electron chi connectivity index (χ3n) is 5.59. The number of fused-ring (bicyclic) bond motifs is 1. The van der Waals surface area contributed by atoms with Crippen molar-refractivity contribution in [2.45, 2.75) is 17.5 Å². The van der Waals surface area contributed by atoms with Crippen LogP contribution in [0.1, 0.15) is 15.9 Å². The van der Waals surface area contributed by atoms with E-state index in [0.717, 1.165) is 5.56 Å². The minimum absolute atomic E-state index is 0.0450. The van der Waals surface area contributed by atoms with Crippen LogP contribution in [0, 0.1) is 0 Å². The summed E-state index contributed by atoms with van der Waals surface area (Å²) < 4.78 is 38.2. The number of benzene rings is 3. The maximum absolute atomic E-state index is 13.6. The molecule has 3 aromatic carbocycles. The largest absolute Gasteiger partial charge is 0.495 e. The zero-order valence-electron chi connectivity index (χ0n) is 19.2. The van der Waals surface area contributed by atoms with Gasteiger partial charge in [0.25, 0.3) is 11.8 Å². The van der Waals surface area contributed by atoms with Crippen molar-refractivity contribution in [1.29, 1.82) is 0 Å². The summed E-state index contributed by atoms with van der Waals surface area (Å²) in [7, 11) is -1.25. The number of carbonyl (C=O) groups excluding carboxylic acids is 2. The van der Waals surface area contributed by atoms with E-state index in [4.69, 9.17) is 9.47 Å². The molecular formula is C25H25N3O6S. The molecule has 1 heterocycles. The average Bonchev–Trinajstić information content (AvgIpc) is 2.90. The van der Waals surface area contributed by atoms with Gasteiger partial charge in [0.2, 0.25) is 10.0 Å². The van der Waals surface area contributed by atoms with Crippen LogP contribution in [-0.4, -0.2) is 47.0 Å². The summed E-state index contributed by atoms with van der Waals surface area (Å²) in [5.41, 5.74) is 1.54. The van der Waals surface area contributed by atoms with Crippen LogP contribution in [0.15, 0.2) is 77.7 Å². The number of hydrogen-bond acceptors (Lipinski definition) is 6. The molecule has 0 saturated carbocycles. The van der Waals surface area contributed by atoms with Gasteiger partial charge in [-0.25, -0.2) is 13.1 Å². The van der Waals surface area contributed by atoms with Gasteiger partial charge < -0.3 is 19.7 Å². The second kappa shape index (κ2) is 10.2. The minimum Gasteiger partial charge on any atom is -0.495 e. The van der Waals surface area contributed by atoms with E-state index in [1.54, 1.807) is 24.3 Å². The fourth-order valence-corrected chi connectivity index (χ4v) is 4.67. The van der Waals surface area contributed by atoms with Crippen molar-refractivity contribution in [3.8, 4) is 11.5 Å². The third-order valence-corrected chi connectivity index (χ3v) is 7.03. The van der Waals surface area contributed by atoms with Crippen LogP contribution in [0.2, 0.25) is 0 Å². The number of rotatable bonds is 7. The Kier molecular flexibility index (Phi) is 7.04. The van der Waals surface area contributed by atoms with Gasteiger partial charge in [0.15, 0.2) is 6.10 Å². The van der Waals surface area contributed by atoms with Gasteiger partial charge >= 0.3 is 0 Å². The van der Waals surface area contributed by atoms with Gasteiger partial charge in [0.05, 0.1) is 19.3 Å². The molecule has 10 heteroatoms. The van der Waals surface area contributed by atoms with Gasteiger partial charge in [-0.3, -0.25) is 9.59 Å². The highest BCUT2D eigenvalue weighted by Gasteiger charge is 2.34. The van der Waals surface area contributed by atoms with Crippen molar-refractivity contribution in [3.05, 3.63) is 83.9 Å². The van der Waals surface area contributed by atoms with E-state index in [1.807, 2.05) is 30.3 Å². The fraction of sp³-hybridized carbons (Fsp3) is 0.200. The van der Waals surface area contributed by atoms with Gasteiger partial charge in [0.1, 0.15) is 16.4 Å². The number of nitrogens with zero attached hydrogens (tertiary/aromatic N) is 1. The van der Waals surface area contributed by atoms with E-state index in [-0.39, 0.29) is 28.7 Å². The maximum Gasteiger partial charge on any atom is 0.263 e. The quantitative estimate of drug-likeness (QED) is 0.520.